The van der Waals surface area contributed by atoms with Crippen LogP contribution in [0.1, 0.15) is 10.4 Å². The van der Waals surface area contributed by atoms with E-state index >= 15 is 4.39 Å². The van der Waals surface area contributed by atoms with Gasteiger partial charge in [0.1, 0.15) is 24.0 Å². The van der Waals surface area contributed by atoms with Gasteiger partial charge in [0.15, 0.2) is 5.15 Å². The number of rotatable bonds is 8. The molecular weight excluding hydrogens is 494 g/mol. The van der Waals surface area contributed by atoms with Gasteiger partial charge >= 0.3 is 5.97 Å². The minimum Gasteiger partial charge on any atom is -0.465 e. The van der Waals surface area contributed by atoms with Gasteiger partial charge < -0.3 is 13.9 Å². The van der Waals surface area contributed by atoms with Crippen LogP contribution in [0.4, 0.5) is 8.78 Å². The first kappa shape index (κ1) is 25.0. The van der Waals surface area contributed by atoms with Crippen LogP contribution in [0.2, 0.25) is 30.8 Å². The first-order valence-corrected chi connectivity index (χ1v) is 15.0. The molecule has 0 N–H and O–H groups in total. The normalized spacial score (nSPS) is 11.9. The highest BCUT2D eigenvalue weighted by molar-refractivity contribution is 6.76. The Morgan fingerprint density at radius 1 is 1.14 bits per heavy atom. The molecule has 35 heavy (non-hydrogen) atoms. The van der Waals surface area contributed by atoms with E-state index in [1.165, 1.54) is 23.9 Å². The predicted octanol–water partition coefficient (Wildman–Crippen LogP) is 5.90. The van der Waals surface area contributed by atoms with E-state index < -0.39 is 25.7 Å². The third-order valence-electron chi connectivity index (χ3n) is 5.42. The molecule has 3 heterocycles. The number of nitrogens with zero attached hydrogens (tertiary/aromatic N) is 4. The third kappa shape index (κ3) is 5.60. The molecule has 0 atom stereocenters. The Kier molecular flexibility index (Phi) is 7.07. The van der Waals surface area contributed by atoms with Crippen molar-refractivity contribution in [2.75, 3.05) is 13.7 Å². The zero-order valence-electron chi connectivity index (χ0n) is 19.8. The van der Waals surface area contributed by atoms with Gasteiger partial charge in [0.25, 0.3) is 0 Å². The molecule has 184 valence electrons. The van der Waals surface area contributed by atoms with E-state index in [0.29, 0.717) is 23.4 Å². The Balaban J connectivity index is 1.71. The van der Waals surface area contributed by atoms with Crippen molar-refractivity contribution in [3.63, 3.8) is 0 Å². The predicted molar refractivity (Wildman–Crippen MR) is 132 cm³/mol. The van der Waals surface area contributed by atoms with Crippen LogP contribution in [0.25, 0.3) is 28.0 Å². The number of aromatic nitrogens is 4. The third-order valence-corrected chi connectivity index (χ3v) is 7.40. The molecule has 0 amide bonds. The number of halogens is 3. The molecule has 0 aliphatic rings. The van der Waals surface area contributed by atoms with Gasteiger partial charge in [-0.25, -0.2) is 23.2 Å². The fraction of sp³-hybridized carbons (Fsp3) is 0.292. The fourth-order valence-corrected chi connectivity index (χ4v) is 4.58. The molecular formula is C24H25ClF2N4O3Si. The van der Waals surface area contributed by atoms with Gasteiger partial charge in [-0.2, -0.15) is 5.10 Å². The van der Waals surface area contributed by atoms with E-state index in [1.807, 2.05) is 0 Å². The highest BCUT2D eigenvalue weighted by Gasteiger charge is 2.22. The lowest BCUT2D eigenvalue weighted by molar-refractivity contribution is 0.0600. The van der Waals surface area contributed by atoms with Crippen LogP contribution < -0.4 is 0 Å². The summed E-state index contributed by atoms with van der Waals surface area (Å²) < 4.78 is 43.0. The Bertz CT molecular complexity index is 1400. The van der Waals surface area contributed by atoms with Crippen LogP contribution in [0.15, 0.2) is 42.9 Å². The molecule has 0 spiro atoms. The molecule has 0 fully saturated rings. The SMILES string of the molecule is COC(=O)c1ccn2cc(-c3c(F)cc(F)cc3-c3cn(COCC[Si](C)(C)C)nc3Cl)nc2c1. The molecule has 0 unspecified atom stereocenters. The van der Waals surface area contributed by atoms with Crippen LogP contribution in [-0.2, 0) is 16.2 Å². The smallest absolute Gasteiger partial charge is 0.338 e. The summed E-state index contributed by atoms with van der Waals surface area (Å²) in [6.45, 7) is 7.54. The molecule has 0 aliphatic heterocycles. The maximum absolute atomic E-state index is 15.1. The maximum Gasteiger partial charge on any atom is 0.338 e. The summed E-state index contributed by atoms with van der Waals surface area (Å²) >= 11 is 6.38. The average molecular weight is 519 g/mol. The molecule has 0 saturated carbocycles. The van der Waals surface area contributed by atoms with E-state index in [0.717, 1.165) is 12.1 Å². The second-order valence-electron chi connectivity index (χ2n) is 9.33. The van der Waals surface area contributed by atoms with Gasteiger partial charge in [-0.15, -0.1) is 0 Å². The number of ether oxygens (including phenoxy) is 2. The number of carbonyl (C=O) groups excluding carboxylic acids is 1. The highest BCUT2D eigenvalue weighted by Crippen LogP contribution is 2.38. The number of carbonyl (C=O) groups is 1. The summed E-state index contributed by atoms with van der Waals surface area (Å²) in [5.41, 5.74) is 1.56. The molecule has 7 nitrogen and oxygen atoms in total. The number of fused-ring (bicyclic) bond motifs is 1. The van der Waals surface area contributed by atoms with E-state index in [-0.39, 0.29) is 28.7 Å². The zero-order valence-corrected chi connectivity index (χ0v) is 21.6. The monoisotopic (exact) mass is 518 g/mol. The molecule has 4 aromatic rings. The van der Waals surface area contributed by atoms with Crippen molar-refractivity contribution in [1.82, 2.24) is 19.2 Å². The first-order valence-electron chi connectivity index (χ1n) is 10.9. The quantitative estimate of drug-likeness (QED) is 0.165. The summed E-state index contributed by atoms with van der Waals surface area (Å²) in [7, 11) is 0.0462. The van der Waals surface area contributed by atoms with Crippen molar-refractivity contribution in [2.24, 2.45) is 0 Å². The lowest BCUT2D eigenvalue weighted by Crippen LogP contribution is -2.22. The summed E-state index contributed by atoms with van der Waals surface area (Å²) in [5, 5.41) is 4.33. The Hall–Kier alpha value is -3.08. The van der Waals surface area contributed by atoms with Crippen LogP contribution >= 0.6 is 11.6 Å². The van der Waals surface area contributed by atoms with Crippen LogP contribution in [-0.4, -0.2) is 46.9 Å². The van der Waals surface area contributed by atoms with Crippen molar-refractivity contribution < 1.29 is 23.0 Å². The van der Waals surface area contributed by atoms with Crippen LogP contribution in [0, 0.1) is 11.6 Å². The summed E-state index contributed by atoms with van der Waals surface area (Å²) in [5.74, 6) is -2.07. The van der Waals surface area contributed by atoms with Crippen LogP contribution in [0.5, 0.6) is 0 Å². The zero-order chi connectivity index (χ0) is 25.3. The largest absolute Gasteiger partial charge is 0.465 e. The minimum absolute atomic E-state index is 0.0656. The van der Waals surface area contributed by atoms with Crippen molar-refractivity contribution in [3.8, 4) is 22.4 Å². The summed E-state index contributed by atoms with van der Waals surface area (Å²) in [6, 6.07) is 6.08. The lowest BCUT2D eigenvalue weighted by atomic mass is 9.99. The van der Waals surface area contributed by atoms with E-state index in [2.05, 4.69) is 29.7 Å². The Morgan fingerprint density at radius 3 is 2.63 bits per heavy atom. The number of hydrogen-bond acceptors (Lipinski definition) is 5. The van der Waals surface area contributed by atoms with Crippen molar-refractivity contribution in [3.05, 3.63) is 65.2 Å². The number of imidazole rings is 1. The van der Waals surface area contributed by atoms with Gasteiger partial charge in [-0.05, 0) is 24.2 Å². The highest BCUT2D eigenvalue weighted by atomic mass is 35.5. The summed E-state index contributed by atoms with van der Waals surface area (Å²) in [6.07, 6.45) is 4.80. The molecule has 0 aliphatic carbocycles. The van der Waals surface area contributed by atoms with Crippen molar-refractivity contribution in [1.29, 1.82) is 0 Å². The molecule has 3 aromatic heterocycles. The molecule has 0 saturated heterocycles. The van der Waals surface area contributed by atoms with Gasteiger partial charge in [0.2, 0.25) is 0 Å². The van der Waals surface area contributed by atoms with E-state index in [1.54, 1.807) is 29.1 Å². The number of pyridine rings is 1. The van der Waals surface area contributed by atoms with Gasteiger partial charge in [0, 0.05) is 56.0 Å². The molecule has 0 bridgehead atoms. The number of methoxy groups -OCH3 is 1. The molecule has 11 heteroatoms. The lowest BCUT2D eigenvalue weighted by Gasteiger charge is -2.15. The fourth-order valence-electron chi connectivity index (χ4n) is 3.57. The molecule has 0 radical (unpaired) electrons. The number of hydrogen-bond donors (Lipinski definition) is 0. The van der Waals surface area contributed by atoms with E-state index in [9.17, 15) is 9.18 Å². The van der Waals surface area contributed by atoms with Gasteiger partial charge in [-0.3, -0.25) is 0 Å². The maximum atomic E-state index is 15.1. The van der Waals surface area contributed by atoms with E-state index in [4.69, 9.17) is 21.1 Å². The number of benzene rings is 1. The standard InChI is InChI=1S/C24H25ClF2N4O3Si/c1-33-24(32)15-5-6-30-13-20(28-21(30)9-15)22-17(10-16(26)11-19(22)27)18-12-31(29-23(18)25)14-34-7-8-35(2,3)4/h5-6,9-13H,7-8,14H2,1-4H3. The van der Waals surface area contributed by atoms with Gasteiger partial charge in [-0.1, -0.05) is 31.2 Å². The number of esters is 1. The van der Waals surface area contributed by atoms with Crippen molar-refractivity contribution >= 4 is 31.3 Å². The van der Waals surface area contributed by atoms with Crippen LogP contribution in [0.3, 0.4) is 0 Å². The Morgan fingerprint density at radius 2 is 1.91 bits per heavy atom. The minimum atomic E-state index is -1.24. The topological polar surface area (TPSA) is 70.7 Å². The first-order chi connectivity index (χ1) is 16.6. The average Bonchev–Trinajstić information content (AvgIpc) is 3.37. The summed E-state index contributed by atoms with van der Waals surface area (Å²) in [4.78, 5) is 16.3. The molecule has 4 rings (SSSR count). The van der Waals surface area contributed by atoms with Crippen molar-refractivity contribution in [2.45, 2.75) is 32.4 Å². The second-order valence-corrected chi connectivity index (χ2v) is 15.3. The second kappa shape index (κ2) is 9.88. The van der Waals surface area contributed by atoms with Gasteiger partial charge in [0.05, 0.1) is 18.4 Å². The molecule has 1 aromatic carbocycles. The Labute approximate surface area is 207 Å².